The second-order valence-corrected chi connectivity index (χ2v) is 2.37. The summed E-state index contributed by atoms with van der Waals surface area (Å²) in [4.78, 5) is 3.91. The average molecular weight is 218 g/mol. The molecule has 2 nitrogen and oxygen atoms in total. The Morgan fingerprint density at radius 2 is 1.85 bits per heavy atom. The van der Waals surface area contributed by atoms with Crippen LogP contribution in [-0.4, -0.2) is 10.1 Å². The van der Waals surface area contributed by atoms with Crippen LogP contribution in [0.25, 0.3) is 10.8 Å². The smallest absolute Gasteiger partial charge is 0.124 e. The van der Waals surface area contributed by atoms with Crippen LogP contribution >= 0.6 is 24.8 Å². The first-order valence-electron chi connectivity index (χ1n) is 3.39. The van der Waals surface area contributed by atoms with E-state index in [1.54, 1.807) is 18.5 Å². The molecule has 1 aromatic carbocycles. The zero-order valence-electron chi connectivity index (χ0n) is 6.68. The molecule has 0 aliphatic rings. The highest BCUT2D eigenvalue weighted by atomic mass is 35.5. The van der Waals surface area contributed by atoms with Gasteiger partial charge in [-0.2, -0.15) is 0 Å². The summed E-state index contributed by atoms with van der Waals surface area (Å²) < 4.78 is 0. The van der Waals surface area contributed by atoms with E-state index in [2.05, 4.69) is 4.98 Å². The van der Waals surface area contributed by atoms with Gasteiger partial charge in [0, 0.05) is 17.8 Å². The lowest BCUT2D eigenvalue weighted by molar-refractivity contribution is 0.481. The van der Waals surface area contributed by atoms with Crippen molar-refractivity contribution >= 4 is 35.6 Å². The van der Waals surface area contributed by atoms with Crippen molar-refractivity contribution in [3.63, 3.8) is 0 Å². The standard InChI is InChI=1S/C9H7NO.2ClH/c11-9-3-1-2-7-4-5-10-6-8(7)9;;/h1-6,11H;2*1H. The Bertz CT molecular complexity index is 387. The summed E-state index contributed by atoms with van der Waals surface area (Å²) in [7, 11) is 0. The molecule has 13 heavy (non-hydrogen) atoms. The number of hydrogen-bond acceptors (Lipinski definition) is 2. The Morgan fingerprint density at radius 1 is 1.08 bits per heavy atom. The SMILES string of the molecule is Cl.Cl.Oc1cccc2ccncc12. The van der Waals surface area contributed by atoms with Crippen molar-refractivity contribution in [3.8, 4) is 5.75 Å². The van der Waals surface area contributed by atoms with Crippen molar-refractivity contribution in [3.05, 3.63) is 36.7 Å². The molecule has 0 atom stereocenters. The van der Waals surface area contributed by atoms with E-state index in [9.17, 15) is 5.11 Å². The van der Waals surface area contributed by atoms with E-state index in [0.717, 1.165) is 10.8 Å². The van der Waals surface area contributed by atoms with Crippen LogP contribution < -0.4 is 0 Å². The second-order valence-electron chi connectivity index (χ2n) is 2.37. The van der Waals surface area contributed by atoms with Crippen LogP contribution in [-0.2, 0) is 0 Å². The predicted molar refractivity (Wildman–Crippen MR) is 57.9 cm³/mol. The first kappa shape index (κ1) is 12.0. The lowest BCUT2D eigenvalue weighted by Crippen LogP contribution is -1.74. The highest BCUT2D eigenvalue weighted by Crippen LogP contribution is 2.21. The molecule has 0 aliphatic carbocycles. The van der Waals surface area contributed by atoms with Gasteiger partial charge in [-0.3, -0.25) is 4.98 Å². The summed E-state index contributed by atoms with van der Waals surface area (Å²) in [6.07, 6.45) is 3.37. The van der Waals surface area contributed by atoms with E-state index in [4.69, 9.17) is 0 Å². The van der Waals surface area contributed by atoms with E-state index in [1.807, 2.05) is 18.2 Å². The quantitative estimate of drug-likeness (QED) is 0.737. The fraction of sp³-hybridized carbons (Fsp3) is 0. The normalized spacial score (nSPS) is 8.62. The lowest BCUT2D eigenvalue weighted by atomic mass is 10.2. The minimum absolute atomic E-state index is 0. The molecule has 2 rings (SSSR count). The first-order chi connectivity index (χ1) is 5.38. The molecule has 0 unspecified atom stereocenters. The topological polar surface area (TPSA) is 33.1 Å². The molecule has 0 bridgehead atoms. The van der Waals surface area contributed by atoms with Crippen molar-refractivity contribution < 1.29 is 5.11 Å². The first-order valence-corrected chi connectivity index (χ1v) is 3.39. The molecule has 4 heteroatoms. The summed E-state index contributed by atoms with van der Waals surface area (Å²) in [5.74, 6) is 0.288. The minimum atomic E-state index is 0. The van der Waals surface area contributed by atoms with Crippen molar-refractivity contribution in [2.45, 2.75) is 0 Å². The van der Waals surface area contributed by atoms with Gasteiger partial charge in [0.2, 0.25) is 0 Å². The maximum Gasteiger partial charge on any atom is 0.124 e. The molecule has 0 fully saturated rings. The van der Waals surface area contributed by atoms with Gasteiger partial charge in [0.15, 0.2) is 0 Å². The summed E-state index contributed by atoms with van der Waals surface area (Å²) in [5.41, 5.74) is 0. The maximum absolute atomic E-state index is 9.33. The second kappa shape index (κ2) is 4.90. The number of aromatic nitrogens is 1. The number of aromatic hydroxyl groups is 1. The van der Waals surface area contributed by atoms with Gasteiger partial charge in [-0.25, -0.2) is 0 Å². The van der Waals surface area contributed by atoms with Crippen molar-refractivity contribution in [2.24, 2.45) is 0 Å². The molecule has 0 amide bonds. The molecule has 0 radical (unpaired) electrons. The van der Waals surface area contributed by atoms with E-state index in [1.165, 1.54) is 0 Å². The van der Waals surface area contributed by atoms with E-state index < -0.39 is 0 Å². The van der Waals surface area contributed by atoms with Gasteiger partial charge in [0.05, 0.1) is 0 Å². The van der Waals surface area contributed by atoms with Crippen LogP contribution in [0.4, 0.5) is 0 Å². The van der Waals surface area contributed by atoms with Crippen molar-refractivity contribution in [2.75, 3.05) is 0 Å². The summed E-state index contributed by atoms with van der Waals surface area (Å²) in [6.45, 7) is 0. The van der Waals surface area contributed by atoms with Gasteiger partial charge in [-0.05, 0) is 17.5 Å². The van der Waals surface area contributed by atoms with Crippen LogP contribution in [0.5, 0.6) is 5.75 Å². The Morgan fingerprint density at radius 3 is 2.54 bits per heavy atom. The fourth-order valence-electron chi connectivity index (χ4n) is 1.10. The molecule has 0 aliphatic heterocycles. The number of pyridine rings is 1. The van der Waals surface area contributed by atoms with Gasteiger partial charge in [-0.1, -0.05) is 12.1 Å². The van der Waals surface area contributed by atoms with Gasteiger partial charge in [0.1, 0.15) is 5.75 Å². The van der Waals surface area contributed by atoms with Crippen molar-refractivity contribution in [1.29, 1.82) is 0 Å². The number of hydrogen-bond donors (Lipinski definition) is 1. The summed E-state index contributed by atoms with van der Waals surface area (Å²) in [6, 6.07) is 7.29. The van der Waals surface area contributed by atoms with Gasteiger partial charge in [-0.15, -0.1) is 24.8 Å². The molecule has 0 saturated heterocycles. The minimum Gasteiger partial charge on any atom is -0.507 e. The molecular formula is C9H9Cl2NO. The molecular weight excluding hydrogens is 209 g/mol. The largest absolute Gasteiger partial charge is 0.507 e. The molecule has 1 N–H and O–H groups in total. The summed E-state index contributed by atoms with van der Waals surface area (Å²) >= 11 is 0. The Hall–Kier alpha value is -0.990. The monoisotopic (exact) mass is 217 g/mol. The highest BCUT2D eigenvalue weighted by molar-refractivity contribution is 5.86. The van der Waals surface area contributed by atoms with Crippen LogP contribution in [0.3, 0.4) is 0 Å². The zero-order valence-corrected chi connectivity index (χ0v) is 8.31. The molecule has 70 valence electrons. The third kappa shape index (κ3) is 2.23. The molecule has 0 spiro atoms. The van der Waals surface area contributed by atoms with E-state index in [0.29, 0.717) is 0 Å². The molecule has 0 saturated carbocycles. The Balaban J connectivity index is 0.000000720. The number of nitrogens with zero attached hydrogens (tertiary/aromatic N) is 1. The third-order valence-electron chi connectivity index (χ3n) is 1.66. The number of rotatable bonds is 0. The number of halogens is 2. The summed E-state index contributed by atoms with van der Waals surface area (Å²) in [5, 5.41) is 11.1. The van der Waals surface area contributed by atoms with Crippen LogP contribution in [0.15, 0.2) is 36.7 Å². The van der Waals surface area contributed by atoms with E-state index >= 15 is 0 Å². The van der Waals surface area contributed by atoms with E-state index in [-0.39, 0.29) is 30.6 Å². The number of fused-ring (bicyclic) bond motifs is 1. The van der Waals surface area contributed by atoms with Gasteiger partial charge < -0.3 is 5.11 Å². The maximum atomic E-state index is 9.33. The van der Waals surface area contributed by atoms with Crippen molar-refractivity contribution in [1.82, 2.24) is 4.98 Å². The number of benzene rings is 1. The highest BCUT2D eigenvalue weighted by Gasteiger charge is 1.95. The van der Waals surface area contributed by atoms with Gasteiger partial charge >= 0.3 is 0 Å². The van der Waals surface area contributed by atoms with Crippen LogP contribution in [0, 0.1) is 0 Å². The molecule has 2 aromatic rings. The average Bonchev–Trinajstić information content (AvgIpc) is 2.06. The van der Waals surface area contributed by atoms with Crippen LogP contribution in [0.2, 0.25) is 0 Å². The number of phenolic OH excluding ortho intramolecular Hbond substituents is 1. The predicted octanol–water partition coefficient (Wildman–Crippen LogP) is 2.78. The lowest BCUT2D eigenvalue weighted by Gasteiger charge is -1.97. The fourth-order valence-corrected chi connectivity index (χ4v) is 1.10. The number of phenols is 1. The van der Waals surface area contributed by atoms with Crippen LogP contribution in [0.1, 0.15) is 0 Å². The van der Waals surface area contributed by atoms with Gasteiger partial charge in [0.25, 0.3) is 0 Å². The third-order valence-corrected chi connectivity index (χ3v) is 1.66. The molecule has 1 aromatic heterocycles. The Labute approximate surface area is 88.4 Å². The zero-order chi connectivity index (χ0) is 7.68. The molecule has 1 heterocycles. The Kier molecular flexibility index (Phi) is 4.52.